The lowest BCUT2D eigenvalue weighted by molar-refractivity contribution is 0.706. The highest BCUT2D eigenvalue weighted by Gasteiger charge is 2.29. The maximum Gasteiger partial charge on any atom is 0.147 e. The van der Waals surface area contributed by atoms with E-state index in [0.29, 0.717) is 21.6 Å². The molecule has 0 unspecified atom stereocenters. The predicted octanol–water partition coefficient (Wildman–Crippen LogP) is 7.56. The topological polar surface area (TPSA) is 49.7 Å². The second-order valence-corrected chi connectivity index (χ2v) is 10.2. The van der Waals surface area contributed by atoms with Gasteiger partial charge in [0.1, 0.15) is 5.82 Å². The SMILES string of the molecule is Cc1cccc(C)c1-n1nc2c(c1-c1cc(Cl)c3[nH]ccc3c1)CN(c1ncc(Cl)cc1Cl)CC2. The minimum absolute atomic E-state index is 0.523. The second kappa shape index (κ2) is 8.59. The molecule has 1 N–H and O–H groups in total. The molecule has 0 amide bonds. The molecule has 0 aliphatic carbocycles. The summed E-state index contributed by atoms with van der Waals surface area (Å²) in [7, 11) is 0. The molecule has 3 aromatic heterocycles. The molecular formula is C27H22Cl3N5. The number of aromatic nitrogens is 4. The number of anilines is 1. The zero-order chi connectivity index (χ0) is 24.3. The van der Waals surface area contributed by atoms with Gasteiger partial charge in [0.25, 0.3) is 0 Å². The van der Waals surface area contributed by atoms with Gasteiger partial charge in [-0.2, -0.15) is 5.10 Å². The lowest BCUT2D eigenvalue weighted by atomic mass is 9.99. The first-order valence-electron chi connectivity index (χ1n) is 11.4. The zero-order valence-corrected chi connectivity index (χ0v) is 21.5. The zero-order valence-electron chi connectivity index (χ0n) is 19.2. The van der Waals surface area contributed by atoms with Gasteiger partial charge in [0.05, 0.1) is 37.7 Å². The highest BCUT2D eigenvalue weighted by atomic mass is 35.5. The van der Waals surface area contributed by atoms with E-state index in [-0.39, 0.29) is 0 Å². The first kappa shape index (κ1) is 22.5. The quantitative estimate of drug-likeness (QED) is 0.266. The molecule has 0 bridgehead atoms. The first-order chi connectivity index (χ1) is 16.9. The van der Waals surface area contributed by atoms with Crippen molar-refractivity contribution in [3.8, 4) is 16.9 Å². The number of benzene rings is 2. The molecule has 0 atom stereocenters. The molecule has 8 heteroatoms. The van der Waals surface area contributed by atoms with Crippen LogP contribution in [0.3, 0.4) is 0 Å². The summed E-state index contributed by atoms with van der Waals surface area (Å²) in [6.07, 6.45) is 4.33. The van der Waals surface area contributed by atoms with Crippen LogP contribution in [0.1, 0.15) is 22.4 Å². The Morgan fingerprint density at radius 2 is 1.77 bits per heavy atom. The van der Waals surface area contributed by atoms with E-state index in [2.05, 4.69) is 57.7 Å². The van der Waals surface area contributed by atoms with Gasteiger partial charge < -0.3 is 9.88 Å². The van der Waals surface area contributed by atoms with Gasteiger partial charge in [-0.15, -0.1) is 0 Å². The number of halogens is 3. The Hall–Kier alpha value is -2.99. The summed E-state index contributed by atoms with van der Waals surface area (Å²) in [5.41, 5.74) is 8.65. The number of aromatic amines is 1. The third-order valence-corrected chi connectivity index (χ3v) is 7.44. The summed E-state index contributed by atoms with van der Waals surface area (Å²) in [6, 6.07) is 14.3. The van der Waals surface area contributed by atoms with Crippen LogP contribution in [-0.4, -0.2) is 26.3 Å². The van der Waals surface area contributed by atoms with Gasteiger partial charge >= 0.3 is 0 Å². The third-order valence-electron chi connectivity index (χ3n) is 6.66. The molecule has 5 aromatic rings. The van der Waals surface area contributed by atoms with E-state index in [0.717, 1.165) is 57.9 Å². The fourth-order valence-corrected chi connectivity index (χ4v) is 5.84. The number of aryl methyl sites for hydroxylation is 2. The van der Waals surface area contributed by atoms with E-state index in [4.69, 9.17) is 39.9 Å². The maximum atomic E-state index is 6.71. The fourth-order valence-electron chi connectivity index (χ4n) is 5.06. The number of pyridine rings is 1. The average molecular weight is 523 g/mol. The van der Waals surface area contributed by atoms with Crippen molar-refractivity contribution in [3.05, 3.63) is 92.3 Å². The Balaban J connectivity index is 1.58. The number of rotatable bonds is 3. The van der Waals surface area contributed by atoms with Crippen molar-refractivity contribution in [3.63, 3.8) is 0 Å². The lowest BCUT2D eigenvalue weighted by Crippen LogP contribution is -2.31. The van der Waals surface area contributed by atoms with Gasteiger partial charge in [0.2, 0.25) is 0 Å². The van der Waals surface area contributed by atoms with Crippen LogP contribution in [0.4, 0.5) is 5.82 Å². The minimum Gasteiger partial charge on any atom is -0.360 e. The van der Waals surface area contributed by atoms with Crippen LogP contribution in [0.5, 0.6) is 0 Å². The molecule has 1 aliphatic rings. The molecule has 0 saturated heterocycles. The van der Waals surface area contributed by atoms with Crippen LogP contribution in [0, 0.1) is 13.8 Å². The van der Waals surface area contributed by atoms with Crippen molar-refractivity contribution in [1.29, 1.82) is 0 Å². The number of hydrogen-bond acceptors (Lipinski definition) is 3. The molecule has 0 spiro atoms. The van der Waals surface area contributed by atoms with Crippen LogP contribution < -0.4 is 4.90 Å². The fraction of sp³-hybridized carbons (Fsp3) is 0.185. The van der Waals surface area contributed by atoms with E-state index >= 15 is 0 Å². The highest BCUT2D eigenvalue weighted by Crippen LogP contribution is 2.39. The van der Waals surface area contributed by atoms with Gasteiger partial charge in [-0.25, -0.2) is 9.67 Å². The molecular weight excluding hydrogens is 501 g/mol. The summed E-state index contributed by atoms with van der Waals surface area (Å²) in [6.45, 7) is 5.65. The predicted molar refractivity (Wildman–Crippen MR) is 144 cm³/mol. The lowest BCUT2D eigenvalue weighted by Gasteiger charge is -2.28. The van der Waals surface area contributed by atoms with Crippen LogP contribution >= 0.6 is 34.8 Å². The molecule has 5 nitrogen and oxygen atoms in total. The molecule has 176 valence electrons. The van der Waals surface area contributed by atoms with Crippen molar-refractivity contribution in [2.75, 3.05) is 11.4 Å². The Kier molecular flexibility index (Phi) is 5.52. The Morgan fingerprint density at radius 3 is 2.54 bits per heavy atom. The molecule has 2 aromatic carbocycles. The van der Waals surface area contributed by atoms with E-state index < -0.39 is 0 Å². The van der Waals surface area contributed by atoms with Gasteiger partial charge in [0, 0.05) is 48.4 Å². The number of nitrogens with one attached hydrogen (secondary N) is 1. The highest BCUT2D eigenvalue weighted by molar-refractivity contribution is 6.36. The smallest absolute Gasteiger partial charge is 0.147 e. The van der Waals surface area contributed by atoms with Crippen LogP contribution in [-0.2, 0) is 13.0 Å². The minimum atomic E-state index is 0.523. The summed E-state index contributed by atoms with van der Waals surface area (Å²) in [5, 5.41) is 7.95. The van der Waals surface area contributed by atoms with E-state index in [1.165, 1.54) is 11.1 Å². The van der Waals surface area contributed by atoms with Crippen LogP contribution in [0.2, 0.25) is 15.1 Å². The molecule has 0 fully saturated rings. The van der Waals surface area contributed by atoms with Crippen molar-refractivity contribution >= 4 is 51.5 Å². The normalized spacial score (nSPS) is 13.5. The number of hydrogen-bond donors (Lipinski definition) is 1. The summed E-state index contributed by atoms with van der Waals surface area (Å²) >= 11 is 19.3. The van der Waals surface area contributed by atoms with Crippen molar-refractivity contribution < 1.29 is 0 Å². The summed E-state index contributed by atoms with van der Waals surface area (Å²) in [4.78, 5) is 9.95. The first-order valence-corrected chi connectivity index (χ1v) is 12.5. The van der Waals surface area contributed by atoms with Gasteiger partial charge in [-0.1, -0.05) is 53.0 Å². The average Bonchev–Trinajstić information content (AvgIpc) is 3.43. The van der Waals surface area contributed by atoms with Gasteiger partial charge in [-0.3, -0.25) is 0 Å². The number of para-hydroxylation sites is 1. The molecule has 4 heterocycles. The van der Waals surface area contributed by atoms with Crippen molar-refractivity contribution in [2.24, 2.45) is 0 Å². The largest absolute Gasteiger partial charge is 0.360 e. The van der Waals surface area contributed by atoms with E-state index in [1.54, 1.807) is 12.3 Å². The Morgan fingerprint density at radius 1 is 0.971 bits per heavy atom. The van der Waals surface area contributed by atoms with E-state index in [9.17, 15) is 0 Å². The number of nitrogens with zero attached hydrogens (tertiary/aromatic N) is 4. The van der Waals surface area contributed by atoms with Gasteiger partial charge in [0.15, 0.2) is 0 Å². The molecule has 35 heavy (non-hydrogen) atoms. The monoisotopic (exact) mass is 521 g/mol. The summed E-state index contributed by atoms with van der Waals surface area (Å²) in [5.74, 6) is 0.728. The van der Waals surface area contributed by atoms with Crippen molar-refractivity contribution in [2.45, 2.75) is 26.8 Å². The van der Waals surface area contributed by atoms with E-state index in [1.807, 2.05) is 18.3 Å². The van der Waals surface area contributed by atoms with Gasteiger partial charge in [-0.05, 0) is 49.2 Å². The molecule has 6 rings (SSSR count). The number of fused-ring (bicyclic) bond motifs is 2. The summed E-state index contributed by atoms with van der Waals surface area (Å²) < 4.78 is 2.10. The standard InChI is InChI=1S/C27H22Cl3N5/c1-15-4-3-5-16(2)25(15)35-26(18-10-17-6-8-31-24(17)21(29)11-18)20-14-34(9-7-23(20)33-35)27-22(30)12-19(28)13-32-27/h3-6,8,10-13,31H,7,9,14H2,1-2H3. The number of H-pyrrole nitrogens is 1. The Bertz CT molecular complexity index is 1580. The third kappa shape index (κ3) is 3.79. The second-order valence-electron chi connectivity index (χ2n) is 8.96. The molecule has 1 aliphatic heterocycles. The van der Waals surface area contributed by atoms with Crippen molar-refractivity contribution in [1.82, 2.24) is 19.7 Å². The molecule has 0 saturated carbocycles. The Labute approximate surface area is 218 Å². The van der Waals surface area contributed by atoms with Crippen LogP contribution in [0.25, 0.3) is 27.8 Å². The molecule has 0 radical (unpaired) electrons. The van der Waals surface area contributed by atoms with Crippen LogP contribution in [0.15, 0.2) is 54.9 Å². The maximum absolute atomic E-state index is 6.71.